The van der Waals surface area contributed by atoms with Gasteiger partial charge in [0.05, 0.1) is 6.07 Å². The molecule has 0 saturated carbocycles. The largest absolute Gasteiger partial charge is 0.198 e. The Morgan fingerprint density at radius 3 is 1.09 bits per heavy atom. The van der Waals surface area contributed by atoms with Gasteiger partial charge in [0.15, 0.2) is 0 Å². The third-order valence-corrected chi connectivity index (χ3v) is 7.68. The number of unbranched alkanes of at least 4 members (excludes halogenated alkanes) is 19. The van der Waals surface area contributed by atoms with Crippen LogP contribution in [-0.2, 0) is 0 Å². The van der Waals surface area contributed by atoms with Crippen LogP contribution in [0, 0.1) is 23.2 Å². The maximum Gasteiger partial charge on any atom is 0.0621 e. The molecule has 0 heterocycles. The van der Waals surface area contributed by atoms with E-state index in [1.54, 1.807) is 0 Å². The van der Waals surface area contributed by atoms with Crippen LogP contribution in [0.3, 0.4) is 0 Å². The van der Waals surface area contributed by atoms with Crippen LogP contribution < -0.4 is 0 Å². The summed E-state index contributed by atoms with van der Waals surface area (Å²) in [6, 6.07) is 2.24. The Morgan fingerprint density at radius 2 is 0.727 bits per heavy atom. The Balaban J connectivity index is 3.22. The molecule has 0 amide bonds. The molecule has 0 aromatic heterocycles. The molecule has 0 aromatic rings. The summed E-state index contributed by atoms with van der Waals surface area (Å²) in [5.74, 6) is 1.89. The highest BCUT2D eigenvalue weighted by molar-refractivity contribution is 4.67. The van der Waals surface area contributed by atoms with Crippen LogP contribution in [0.2, 0.25) is 0 Å². The van der Waals surface area contributed by atoms with Crippen molar-refractivity contribution in [3.63, 3.8) is 0 Å². The molecule has 1 heteroatoms. The van der Waals surface area contributed by atoms with Gasteiger partial charge in [-0.3, -0.25) is 0 Å². The van der Waals surface area contributed by atoms with Crippen LogP contribution >= 0.6 is 0 Å². The summed E-state index contributed by atoms with van der Waals surface area (Å²) < 4.78 is 0. The minimum Gasteiger partial charge on any atom is -0.198 e. The van der Waals surface area contributed by atoms with Gasteiger partial charge in [0.25, 0.3) is 0 Å². The van der Waals surface area contributed by atoms with E-state index >= 15 is 0 Å². The molecule has 2 atom stereocenters. The fourth-order valence-electron chi connectivity index (χ4n) is 5.19. The van der Waals surface area contributed by atoms with Gasteiger partial charge >= 0.3 is 0 Å². The summed E-state index contributed by atoms with van der Waals surface area (Å²) in [5.41, 5.74) is 0. The summed E-state index contributed by atoms with van der Waals surface area (Å²) in [6.07, 6.45) is 36.2. The van der Waals surface area contributed by atoms with Crippen molar-refractivity contribution < 1.29 is 0 Å². The molecular formula is C32H63N. The average molecular weight is 462 g/mol. The predicted molar refractivity (Wildman–Crippen MR) is 150 cm³/mol. The lowest BCUT2D eigenvalue weighted by molar-refractivity contribution is 0.391. The van der Waals surface area contributed by atoms with Crippen LogP contribution in [0.15, 0.2) is 0 Å². The van der Waals surface area contributed by atoms with Crippen LogP contribution in [0.1, 0.15) is 188 Å². The lowest BCUT2D eigenvalue weighted by Crippen LogP contribution is -1.99. The molecule has 196 valence electrons. The van der Waals surface area contributed by atoms with Crippen LogP contribution in [0.4, 0.5) is 0 Å². The zero-order valence-electron chi connectivity index (χ0n) is 23.5. The Morgan fingerprint density at radius 1 is 0.424 bits per heavy atom. The lowest BCUT2D eigenvalue weighted by Gasteiger charge is -2.14. The highest BCUT2D eigenvalue weighted by atomic mass is 14.2. The fraction of sp³-hybridized carbons (Fsp3) is 0.969. The van der Waals surface area contributed by atoms with Gasteiger partial charge in [0.2, 0.25) is 0 Å². The van der Waals surface area contributed by atoms with Crippen LogP contribution in [0.5, 0.6) is 0 Å². The second-order valence-corrected chi connectivity index (χ2v) is 11.3. The van der Waals surface area contributed by atoms with E-state index in [9.17, 15) is 0 Å². The number of rotatable bonds is 27. The first-order valence-corrected chi connectivity index (χ1v) is 15.6. The van der Waals surface area contributed by atoms with Gasteiger partial charge in [-0.15, -0.1) is 0 Å². The second-order valence-electron chi connectivity index (χ2n) is 11.3. The van der Waals surface area contributed by atoms with Crippen molar-refractivity contribution in [3.8, 4) is 6.07 Å². The van der Waals surface area contributed by atoms with Crippen molar-refractivity contribution >= 4 is 0 Å². The van der Waals surface area contributed by atoms with Gasteiger partial charge in [-0.05, 0) is 18.3 Å². The third kappa shape index (κ3) is 27.6. The highest BCUT2D eigenvalue weighted by Gasteiger charge is 2.06. The first-order valence-electron chi connectivity index (χ1n) is 15.6. The molecule has 2 unspecified atom stereocenters. The van der Waals surface area contributed by atoms with Crippen molar-refractivity contribution in [1.29, 1.82) is 5.26 Å². The molecule has 0 aliphatic rings. The summed E-state index contributed by atoms with van der Waals surface area (Å²) >= 11 is 0. The zero-order valence-corrected chi connectivity index (χ0v) is 23.5. The number of nitrogens with zero attached hydrogens (tertiary/aromatic N) is 1. The fourth-order valence-corrected chi connectivity index (χ4v) is 5.19. The number of hydrogen-bond acceptors (Lipinski definition) is 1. The topological polar surface area (TPSA) is 23.8 Å². The minimum absolute atomic E-state index is 0.748. The molecule has 0 fully saturated rings. The van der Waals surface area contributed by atoms with E-state index in [1.165, 1.54) is 154 Å². The Labute approximate surface area is 210 Å². The van der Waals surface area contributed by atoms with E-state index in [0.717, 1.165) is 24.7 Å². The lowest BCUT2D eigenvalue weighted by atomic mass is 9.92. The third-order valence-electron chi connectivity index (χ3n) is 7.68. The summed E-state index contributed by atoms with van der Waals surface area (Å²) in [4.78, 5) is 0. The van der Waals surface area contributed by atoms with Crippen molar-refractivity contribution in [2.24, 2.45) is 11.8 Å². The normalized spacial score (nSPS) is 13.2. The first kappa shape index (κ1) is 32.5. The van der Waals surface area contributed by atoms with Crippen LogP contribution in [-0.4, -0.2) is 0 Å². The summed E-state index contributed by atoms with van der Waals surface area (Å²) in [7, 11) is 0. The molecule has 0 bridgehead atoms. The Hall–Kier alpha value is -0.510. The summed E-state index contributed by atoms with van der Waals surface area (Å²) in [6.45, 7) is 7.27. The van der Waals surface area contributed by atoms with Gasteiger partial charge in [-0.25, -0.2) is 0 Å². The van der Waals surface area contributed by atoms with Crippen molar-refractivity contribution in [1.82, 2.24) is 0 Å². The molecule has 0 aliphatic heterocycles. The predicted octanol–water partition coefficient (Wildman–Crippen LogP) is 11.9. The summed E-state index contributed by atoms with van der Waals surface area (Å²) in [5, 5.41) is 8.53. The molecule has 0 saturated heterocycles. The minimum atomic E-state index is 0.748. The van der Waals surface area contributed by atoms with Gasteiger partial charge in [-0.1, -0.05) is 175 Å². The molecule has 0 aliphatic carbocycles. The smallest absolute Gasteiger partial charge is 0.0621 e. The quantitative estimate of drug-likeness (QED) is 0.112. The second kappa shape index (κ2) is 27.7. The van der Waals surface area contributed by atoms with Gasteiger partial charge < -0.3 is 0 Å². The molecule has 0 N–H and O–H groups in total. The Kier molecular flexibility index (Phi) is 27.3. The van der Waals surface area contributed by atoms with E-state index in [-0.39, 0.29) is 0 Å². The van der Waals surface area contributed by atoms with E-state index in [2.05, 4.69) is 26.8 Å². The van der Waals surface area contributed by atoms with Gasteiger partial charge in [-0.2, -0.15) is 5.26 Å². The number of hydrogen-bond donors (Lipinski definition) is 0. The van der Waals surface area contributed by atoms with Gasteiger partial charge in [0, 0.05) is 6.42 Å². The average Bonchev–Trinajstić information content (AvgIpc) is 2.81. The van der Waals surface area contributed by atoms with Crippen LogP contribution in [0.25, 0.3) is 0 Å². The standard InChI is InChI=1S/C32H63N/c1-4-5-6-19-22-26-31(2)28-25-29-32(3)27-23-20-17-15-13-11-9-7-8-10-12-14-16-18-21-24-30-33/h31-32H,4-29H2,1-3H3. The van der Waals surface area contributed by atoms with Crippen molar-refractivity contribution in [2.75, 3.05) is 0 Å². The first-order chi connectivity index (χ1) is 16.2. The maximum absolute atomic E-state index is 8.53. The molecule has 0 rings (SSSR count). The molecule has 0 spiro atoms. The van der Waals surface area contributed by atoms with E-state index in [1.807, 2.05) is 0 Å². The SMILES string of the molecule is CCCCCCCC(C)CCCC(C)CCCCCCCCCCCCCCCCCC#N. The van der Waals surface area contributed by atoms with Crippen molar-refractivity contribution in [2.45, 2.75) is 188 Å². The van der Waals surface area contributed by atoms with E-state index in [4.69, 9.17) is 5.26 Å². The van der Waals surface area contributed by atoms with Crippen molar-refractivity contribution in [3.05, 3.63) is 0 Å². The molecule has 33 heavy (non-hydrogen) atoms. The van der Waals surface area contributed by atoms with E-state index in [0.29, 0.717) is 0 Å². The molecule has 1 nitrogen and oxygen atoms in total. The molecular weight excluding hydrogens is 398 g/mol. The van der Waals surface area contributed by atoms with Gasteiger partial charge in [0.1, 0.15) is 0 Å². The number of nitriles is 1. The maximum atomic E-state index is 8.53. The Bertz CT molecular complexity index is 396. The molecule has 0 radical (unpaired) electrons. The monoisotopic (exact) mass is 461 g/mol. The molecule has 0 aromatic carbocycles. The highest BCUT2D eigenvalue weighted by Crippen LogP contribution is 2.22. The van der Waals surface area contributed by atoms with E-state index < -0.39 is 0 Å². The zero-order chi connectivity index (χ0) is 24.2.